The molecular weight excluding hydrogens is 204 g/mol. The molecule has 0 unspecified atom stereocenters. The second-order valence-electron chi connectivity index (χ2n) is 2.20. The van der Waals surface area contributed by atoms with Gasteiger partial charge in [0, 0.05) is 0 Å². The molecule has 0 atom stereocenters. The summed E-state index contributed by atoms with van der Waals surface area (Å²) < 4.78 is 5.01. The van der Waals surface area contributed by atoms with E-state index in [1.54, 1.807) is 7.11 Å². The Balaban J connectivity index is 0.000001000. The highest BCUT2D eigenvalue weighted by Crippen LogP contribution is 2.10. The van der Waals surface area contributed by atoms with Gasteiger partial charge in [0.05, 0.1) is 7.11 Å². The van der Waals surface area contributed by atoms with Gasteiger partial charge in [0.15, 0.2) is 0 Å². The Labute approximate surface area is 78.2 Å². The minimum absolute atomic E-state index is 0. The fourth-order valence-corrected chi connectivity index (χ4v) is 0.861. The molecule has 0 heterocycles. The van der Waals surface area contributed by atoms with E-state index in [0.717, 1.165) is 12.2 Å². The fraction of sp³-hybridized carbons (Fsp3) is 0.333. The van der Waals surface area contributed by atoms with Crippen molar-refractivity contribution in [2.24, 2.45) is 0 Å². The van der Waals surface area contributed by atoms with Crippen molar-refractivity contribution >= 4 is 17.0 Å². The van der Waals surface area contributed by atoms with Crippen LogP contribution in [0.3, 0.4) is 0 Å². The molecule has 0 aliphatic heterocycles. The van der Waals surface area contributed by atoms with Crippen LogP contribution in [0.2, 0.25) is 0 Å². The highest BCUT2D eigenvalue weighted by molar-refractivity contribution is 8.93. The van der Waals surface area contributed by atoms with Gasteiger partial charge in [0.1, 0.15) is 5.75 Å². The van der Waals surface area contributed by atoms with Crippen LogP contribution in [0.4, 0.5) is 0 Å². The predicted octanol–water partition coefficient (Wildman–Crippen LogP) is 2.84. The molecule has 0 radical (unpaired) electrons. The topological polar surface area (TPSA) is 9.23 Å². The van der Waals surface area contributed by atoms with Crippen molar-refractivity contribution in [3.05, 3.63) is 29.8 Å². The number of rotatable bonds is 2. The Kier molecular flexibility index (Phi) is 4.95. The van der Waals surface area contributed by atoms with Crippen molar-refractivity contribution in [1.29, 1.82) is 0 Å². The lowest BCUT2D eigenvalue weighted by Crippen LogP contribution is -1.83. The van der Waals surface area contributed by atoms with Gasteiger partial charge in [-0.25, -0.2) is 0 Å². The summed E-state index contributed by atoms with van der Waals surface area (Å²) in [5.74, 6) is 0.928. The third-order valence-corrected chi connectivity index (χ3v) is 1.57. The van der Waals surface area contributed by atoms with Crippen molar-refractivity contribution in [1.82, 2.24) is 0 Å². The van der Waals surface area contributed by atoms with Gasteiger partial charge in [-0.3, -0.25) is 0 Å². The third-order valence-electron chi connectivity index (χ3n) is 1.57. The summed E-state index contributed by atoms with van der Waals surface area (Å²) >= 11 is 0. The molecule has 0 N–H and O–H groups in total. The number of benzene rings is 1. The summed E-state index contributed by atoms with van der Waals surface area (Å²) in [5, 5.41) is 0. The van der Waals surface area contributed by atoms with E-state index in [-0.39, 0.29) is 17.0 Å². The summed E-state index contributed by atoms with van der Waals surface area (Å²) in [5.41, 5.74) is 1.35. The molecule has 1 aromatic carbocycles. The summed E-state index contributed by atoms with van der Waals surface area (Å²) in [6.07, 6.45) is 1.09. The first-order chi connectivity index (χ1) is 4.86. The average molecular weight is 217 g/mol. The highest BCUT2D eigenvalue weighted by Gasteiger charge is 1.89. The number of ether oxygens (including phenoxy) is 1. The molecule has 62 valence electrons. The maximum atomic E-state index is 5.01. The maximum absolute atomic E-state index is 5.01. The molecule has 0 saturated heterocycles. The molecule has 0 aromatic heterocycles. The summed E-state index contributed by atoms with van der Waals surface area (Å²) in [6.45, 7) is 2.14. The number of methoxy groups -OCH3 is 1. The van der Waals surface area contributed by atoms with Crippen LogP contribution in [0.15, 0.2) is 24.3 Å². The van der Waals surface area contributed by atoms with Crippen LogP contribution >= 0.6 is 17.0 Å². The van der Waals surface area contributed by atoms with E-state index in [2.05, 4.69) is 19.1 Å². The van der Waals surface area contributed by atoms with E-state index in [0.29, 0.717) is 0 Å². The molecule has 0 spiro atoms. The first-order valence-electron chi connectivity index (χ1n) is 3.49. The van der Waals surface area contributed by atoms with Gasteiger partial charge in [0.2, 0.25) is 0 Å². The van der Waals surface area contributed by atoms with Crippen LogP contribution in [-0.4, -0.2) is 7.11 Å². The lowest BCUT2D eigenvalue weighted by atomic mass is 10.2. The molecule has 0 fully saturated rings. The van der Waals surface area contributed by atoms with Crippen LogP contribution in [0.25, 0.3) is 0 Å². The predicted molar refractivity (Wildman–Crippen MR) is 52.7 cm³/mol. The van der Waals surface area contributed by atoms with Crippen molar-refractivity contribution in [3.8, 4) is 5.75 Å². The minimum atomic E-state index is 0. The number of halogens is 1. The Morgan fingerprint density at radius 3 is 2.09 bits per heavy atom. The standard InChI is InChI=1S/C9H12O.BrH/c1-3-8-4-6-9(10-2)7-5-8;/h4-7H,3H2,1-2H3;1H. The van der Waals surface area contributed by atoms with E-state index < -0.39 is 0 Å². The quantitative estimate of drug-likeness (QED) is 0.740. The molecule has 1 rings (SSSR count). The largest absolute Gasteiger partial charge is 0.497 e. The van der Waals surface area contributed by atoms with Gasteiger partial charge in [-0.15, -0.1) is 17.0 Å². The molecule has 0 amide bonds. The Bertz CT molecular complexity index is 170. The van der Waals surface area contributed by atoms with E-state index in [4.69, 9.17) is 4.74 Å². The van der Waals surface area contributed by atoms with Gasteiger partial charge >= 0.3 is 0 Å². The molecule has 0 bridgehead atoms. The van der Waals surface area contributed by atoms with Gasteiger partial charge in [-0.1, -0.05) is 19.1 Å². The van der Waals surface area contributed by atoms with Crippen molar-refractivity contribution in [3.63, 3.8) is 0 Å². The highest BCUT2D eigenvalue weighted by atomic mass is 79.9. The van der Waals surface area contributed by atoms with Crippen molar-refractivity contribution in [2.45, 2.75) is 13.3 Å². The van der Waals surface area contributed by atoms with E-state index in [9.17, 15) is 0 Å². The first-order valence-corrected chi connectivity index (χ1v) is 3.49. The summed E-state index contributed by atoms with van der Waals surface area (Å²) in [7, 11) is 1.68. The van der Waals surface area contributed by atoms with Crippen LogP contribution in [0.5, 0.6) is 5.75 Å². The minimum Gasteiger partial charge on any atom is -0.497 e. The van der Waals surface area contributed by atoms with Crippen molar-refractivity contribution < 1.29 is 4.74 Å². The number of hydrogen-bond donors (Lipinski definition) is 0. The zero-order valence-electron chi connectivity index (χ0n) is 6.83. The second kappa shape index (κ2) is 5.19. The van der Waals surface area contributed by atoms with Crippen LogP contribution in [0, 0.1) is 0 Å². The zero-order valence-corrected chi connectivity index (χ0v) is 8.55. The SMILES string of the molecule is Br.CCc1ccc(OC)cc1. The van der Waals surface area contributed by atoms with Crippen LogP contribution < -0.4 is 4.74 Å². The number of hydrogen-bond acceptors (Lipinski definition) is 1. The molecule has 0 aliphatic carbocycles. The Hall–Kier alpha value is -0.500. The fourth-order valence-electron chi connectivity index (χ4n) is 0.861. The molecule has 0 aliphatic rings. The smallest absolute Gasteiger partial charge is 0.118 e. The molecule has 0 saturated carbocycles. The first kappa shape index (κ1) is 10.5. The Morgan fingerprint density at radius 1 is 1.18 bits per heavy atom. The zero-order chi connectivity index (χ0) is 7.40. The summed E-state index contributed by atoms with van der Waals surface area (Å²) in [6, 6.07) is 8.13. The number of aryl methyl sites for hydroxylation is 1. The summed E-state index contributed by atoms with van der Waals surface area (Å²) in [4.78, 5) is 0. The third kappa shape index (κ3) is 2.93. The lowest BCUT2D eigenvalue weighted by Gasteiger charge is -1.99. The van der Waals surface area contributed by atoms with Gasteiger partial charge < -0.3 is 4.74 Å². The van der Waals surface area contributed by atoms with E-state index in [1.807, 2.05) is 12.1 Å². The lowest BCUT2D eigenvalue weighted by molar-refractivity contribution is 0.414. The average Bonchev–Trinajstić information content (AvgIpc) is 2.05. The molecular formula is C9H13BrO. The van der Waals surface area contributed by atoms with Crippen LogP contribution in [-0.2, 0) is 6.42 Å². The molecule has 1 nitrogen and oxygen atoms in total. The van der Waals surface area contributed by atoms with Gasteiger partial charge in [-0.2, -0.15) is 0 Å². The Morgan fingerprint density at radius 2 is 1.73 bits per heavy atom. The molecule has 11 heavy (non-hydrogen) atoms. The van der Waals surface area contributed by atoms with Crippen LogP contribution in [0.1, 0.15) is 12.5 Å². The molecule has 2 heteroatoms. The normalized spacial score (nSPS) is 8.55. The second-order valence-corrected chi connectivity index (χ2v) is 2.20. The van der Waals surface area contributed by atoms with E-state index in [1.165, 1.54) is 5.56 Å². The van der Waals surface area contributed by atoms with Gasteiger partial charge in [-0.05, 0) is 24.1 Å². The van der Waals surface area contributed by atoms with Crippen molar-refractivity contribution in [2.75, 3.05) is 7.11 Å². The van der Waals surface area contributed by atoms with E-state index >= 15 is 0 Å². The van der Waals surface area contributed by atoms with Gasteiger partial charge in [0.25, 0.3) is 0 Å². The maximum Gasteiger partial charge on any atom is 0.118 e. The monoisotopic (exact) mass is 216 g/mol. The molecule has 1 aromatic rings.